The number of likely N-dealkylation sites (tertiary alicyclic amines) is 1. The fourth-order valence-electron chi connectivity index (χ4n) is 4.09. The second kappa shape index (κ2) is 7.56. The van der Waals surface area contributed by atoms with E-state index in [9.17, 15) is 14.0 Å². The first-order valence-electron chi connectivity index (χ1n) is 9.42. The quantitative estimate of drug-likeness (QED) is 0.850. The fourth-order valence-corrected chi connectivity index (χ4v) is 4.09. The molecule has 1 aromatic carbocycles. The molecule has 8 heteroatoms. The summed E-state index contributed by atoms with van der Waals surface area (Å²) in [6.45, 7) is 4.61. The van der Waals surface area contributed by atoms with E-state index in [-0.39, 0.29) is 17.4 Å². The van der Waals surface area contributed by atoms with E-state index in [0.717, 1.165) is 39.0 Å². The number of hydrogen-bond acceptors (Lipinski definition) is 4. The molecule has 2 aromatic rings. The Bertz CT molecular complexity index is 856. The van der Waals surface area contributed by atoms with Gasteiger partial charge < -0.3 is 19.8 Å². The summed E-state index contributed by atoms with van der Waals surface area (Å²) in [4.78, 5) is 35.1. The van der Waals surface area contributed by atoms with Crippen LogP contribution in [0.5, 0.6) is 0 Å². The standard InChI is InChI=1S/C19H24FN5O2/c20-15-5-1-2-6-17(15)24-10-8-23(9-11-24)14-4-3-7-25(13-14)18(26)16-12-21-19(27)22-16/h1-2,5-6,12,14H,3-4,7-11,13H2,(H2,21,22,27)/t14-/m1/s1. The number of benzene rings is 1. The molecule has 0 spiro atoms. The van der Waals surface area contributed by atoms with Crippen molar-refractivity contribution in [3.05, 3.63) is 52.5 Å². The molecule has 0 unspecified atom stereocenters. The highest BCUT2D eigenvalue weighted by molar-refractivity contribution is 5.92. The number of carbonyl (C=O) groups excluding carboxylic acids is 1. The maximum absolute atomic E-state index is 14.0. The third-order valence-corrected chi connectivity index (χ3v) is 5.53. The number of amides is 1. The number of piperazine rings is 1. The van der Waals surface area contributed by atoms with Gasteiger partial charge in [-0.15, -0.1) is 0 Å². The van der Waals surface area contributed by atoms with Crippen LogP contribution in [0.1, 0.15) is 23.3 Å². The maximum atomic E-state index is 14.0. The molecule has 3 heterocycles. The summed E-state index contributed by atoms with van der Waals surface area (Å²) >= 11 is 0. The number of rotatable bonds is 3. The Balaban J connectivity index is 1.36. The molecule has 2 aliphatic rings. The first-order valence-corrected chi connectivity index (χ1v) is 9.42. The van der Waals surface area contributed by atoms with Gasteiger partial charge in [-0.3, -0.25) is 9.69 Å². The van der Waals surface area contributed by atoms with Crippen molar-refractivity contribution in [1.29, 1.82) is 0 Å². The van der Waals surface area contributed by atoms with E-state index in [4.69, 9.17) is 0 Å². The third-order valence-electron chi connectivity index (χ3n) is 5.53. The molecule has 7 nitrogen and oxygen atoms in total. The van der Waals surface area contributed by atoms with Crippen LogP contribution < -0.4 is 10.6 Å². The van der Waals surface area contributed by atoms with Gasteiger partial charge in [0.2, 0.25) is 0 Å². The zero-order valence-electron chi connectivity index (χ0n) is 15.2. The van der Waals surface area contributed by atoms with Crippen molar-refractivity contribution in [3.63, 3.8) is 0 Å². The van der Waals surface area contributed by atoms with Crippen molar-refractivity contribution in [2.45, 2.75) is 18.9 Å². The highest BCUT2D eigenvalue weighted by Crippen LogP contribution is 2.23. The summed E-state index contributed by atoms with van der Waals surface area (Å²) in [6, 6.07) is 7.19. The second-order valence-corrected chi connectivity index (χ2v) is 7.18. The number of nitrogens with one attached hydrogen (secondary N) is 2. The summed E-state index contributed by atoms with van der Waals surface area (Å²) in [5.74, 6) is -0.316. The number of para-hydroxylation sites is 1. The Kier molecular flexibility index (Phi) is 4.98. The summed E-state index contributed by atoms with van der Waals surface area (Å²) in [5, 5.41) is 0. The van der Waals surface area contributed by atoms with Crippen LogP contribution in [0.15, 0.2) is 35.3 Å². The minimum atomic E-state index is -0.365. The van der Waals surface area contributed by atoms with Crippen LogP contribution in [-0.2, 0) is 0 Å². The van der Waals surface area contributed by atoms with Crippen LogP contribution in [0.4, 0.5) is 10.1 Å². The van der Waals surface area contributed by atoms with Gasteiger partial charge >= 0.3 is 5.69 Å². The Labute approximate surface area is 156 Å². The van der Waals surface area contributed by atoms with E-state index < -0.39 is 0 Å². The zero-order valence-corrected chi connectivity index (χ0v) is 15.2. The van der Waals surface area contributed by atoms with Crippen molar-refractivity contribution in [3.8, 4) is 0 Å². The molecule has 0 saturated carbocycles. The topological polar surface area (TPSA) is 75.4 Å². The largest absolute Gasteiger partial charge is 0.367 e. The number of hydrogen-bond donors (Lipinski definition) is 2. The van der Waals surface area contributed by atoms with Gasteiger partial charge in [0.1, 0.15) is 11.5 Å². The van der Waals surface area contributed by atoms with E-state index in [0.29, 0.717) is 30.5 Å². The Morgan fingerprint density at radius 3 is 2.59 bits per heavy atom. The first kappa shape index (κ1) is 17.8. The highest BCUT2D eigenvalue weighted by Gasteiger charge is 2.31. The normalized spacial score (nSPS) is 21.4. The first-order chi connectivity index (χ1) is 13.1. The summed E-state index contributed by atoms with van der Waals surface area (Å²) in [5.41, 5.74) is 0.607. The number of imidazole rings is 1. The second-order valence-electron chi connectivity index (χ2n) is 7.18. The molecule has 2 aliphatic heterocycles. The van der Waals surface area contributed by atoms with Gasteiger partial charge in [0.25, 0.3) is 5.91 Å². The average Bonchev–Trinajstić information content (AvgIpc) is 3.14. The van der Waals surface area contributed by atoms with E-state index in [1.54, 1.807) is 6.07 Å². The molecule has 2 N–H and O–H groups in total. The van der Waals surface area contributed by atoms with E-state index in [1.807, 2.05) is 17.0 Å². The third kappa shape index (κ3) is 3.75. The van der Waals surface area contributed by atoms with Crippen LogP contribution in [-0.4, -0.2) is 71.0 Å². The van der Waals surface area contributed by atoms with Crippen molar-refractivity contribution in [2.24, 2.45) is 0 Å². The molecule has 2 fully saturated rings. The molecule has 0 radical (unpaired) electrons. The number of H-pyrrole nitrogens is 2. The van der Waals surface area contributed by atoms with Crippen molar-refractivity contribution < 1.29 is 9.18 Å². The van der Waals surface area contributed by atoms with Gasteiger partial charge in [-0.2, -0.15) is 0 Å². The predicted molar refractivity (Wildman–Crippen MR) is 101 cm³/mol. The van der Waals surface area contributed by atoms with E-state index >= 15 is 0 Å². The van der Waals surface area contributed by atoms with Crippen LogP contribution in [0.25, 0.3) is 0 Å². The van der Waals surface area contributed by atoms with Gasteiger partial charge in [0.05, 0.1) is 5.69 Å². The number of aromatic nitrogens is 2. The van der Waals surface area contributed by atoms with Crippen molar-refractivity contribution in [2.75, 3.05) is 44.2 Å². The Morgan fingerprint density at radius 1 is 1.11 bits per heavy atom. The lowest BCUT2D eigenvalue weighted by Gasteiger charge is -2.43. The number of halogens is 1. The molecule has 1 aromatic heterocycles. The SMILES string of the molecule is O=C(c1c[nH]c(=O)[nH]1)N1CCC[C@@H](N2CCN(c3ccccc3F)CC2)C1. The molecule has 144 valence electrons. The lowest BCUT2D eigenvalue weighted by Crippen LogP contribution is -2.56. The molecule has 0 aliphatic carbocycles. The maximum Gasteiger partial charge on any atom is 0.323 e. The Morgan fingerprint density at radius 2 is 1.89 bits per heavy atom. The lowest BCUT2D eigenvalue weighted by atomic mass is 10.0. The summed E-state index contributed by atoms with van der Waals surface area (Å²) in [7, 11) is 0. The minimum absolute atomic E-state index is 0.136. The van der Waals surface area contributed by atoms with E-state index in [1.165, 1.54) is 12.3 Å². The summed E-state index contributed by atoms with van der Waals surface area (Å²) in [6.07, 6.45) is 3.42. The number of nitrogens with zero attached hydrogens (tertiary/aromatic N) is 3. The Hall–Kier alpha value is -2.61. The molecular formula is C19H24FN5O2. The fraction of sp³-hybridized carbons (Fsp3) is 0.474. The van der Waals surface area contributed by atoms with Gasteiger partial charge in [0, 0.05) is 51.5 Å². The summed E-state index contributed by atoms with van der Waals surface area (Å²) < 4.78 is 14.0. The number of aromatic amines is 2. The van der Waals surface area contributed by atoms with Crippen LogP contribution >= 0.6 is 0 Å². The van der Waals surface area contributed by atoms with Gasteiger partial charge in [-0.05, 0) is 25.0 Å². The highest BCUT2D eigenvalue weighted by atomic mass is 19.1. The molecular weight excluding hydrogens is 349 g/mol. The van der Waals surface area contributed by atoms with Gasteiger partial charge in [-0.25, -0.2) is 9.18 Å². The molecule has 0 bridgehead atoms. The van der Waals surface area contributed by atoms with Crippen LogP contribution in [0.2, 0.25) is 0 Å². The molecule has 1 amide bonds. The smallest absolute Gasteiger partial charge is 0.323 e. The minimum Gasteiger partial charge on any atom is -0.367 e. The number of piperidine rings is 1. The number of anilines is 1. The van der Waals surface area contributed by atoms with Crippen LogP contribution in [0, 0.1) is 5.82 Å². The number of carbonyl (C=O) groups is 1. The zero-order chi connectivity index (χ0) is 18.8. The van der Waals surface area contributed by atoms with Gasteiger partial charge in [-0.1, -0.05) is 12.1 Å². The molecule has 1 atom stereocenters. The van der Waals surface area contributed by atoms with Crippen molar-refractivity contribution in [1.82, 2.24) is 19.8 Å². The van der Waals surface area contributed by atoms with Crippen molar-refractivity contribution >= 4 is 11.6 Å². The predicted octanol–water partition coefficient (Wildman–Crippen LogP) is 1.27. The van der Waals surface area contributed by atoms with Crippen LogP contribution in [0.3, 0.4) is 0 Å². The monoisotopic (exact) mass is 373 g/mol. The molecule has 27 heavy (non-hydrogen) atoms. The van der Waals surface area contributed by atoms with Gasteiger partial charge in [0.15, 0.2) is 0 Å². The van der Waals surface area contributed by atoms with E-state index in [2.05, 4.69) is 19.8 Å². The molecule has 4 rings (SSSR count). The molecule has 2 saturated heterocycles. The average molecular weight is 373 g/mol. The lowest BCUT2D eigenvalue weighted by molar-refractivity contribution is 0.0558.